The summed E-state index contributed by atoms with van der Waals surface area (Å²) in [4.78, 5) is 3.85. The number of aromatic nitrogens is 3. The molecule has 0 atom stereocenters. The van der Waals surface area contributed by atoms with E-state index in [0.717, 1.165) is 5.69 Å². The van der Waals surface area contributed by atoms with Crippen LogP contribution in [0.3, 0.4) is 0 Å². The van der Waals surface area contributed by atoms with Gasteiger partial charge in [-0.15, -0.1) is 5.10 Å². The van der Waals surface area contributed by atoms with E-state index in [4.69, 9.17) is 5.73 Å². The quantitative estimate of drug-likeness (QED) is 0.872. The van der Waals surface area contributed by atoms with Gasteiger partial charge in [0.25, 0.3) is 0 Å². The molecule has 0 amide bonds. The fourth-order valence-corrected chi connectivity index (χ4v) is 2.17. The lowest BCUT2D eigenvalue weighted by molar-refractivity contribution is 0.608. The molecule has 92 valence electrons. The lowest BCUT2D eigenvalue weighted by atomic mass is 9.97. The largest absolute Gasteiger partial charge is 0.367 e. The van der Waals surface area contributed by atoms with E-state index in [1.165, 1.54) is 6.20 Å². The molecule has 2 aromatic rings. The van der Waals surface area contributed by atoms with Crippen molar-refractivity contribution in [2.45, 2.75) is 39.5 Å². The maximum Gasteiger partial charge on any atom is 0.238 e. The fraction of sp³-hybridized carbons (Fsp3) is 0.500. The smallest absolute Gasteiger partial charge is 0.238 e. The number of halogens is 1. The lowest BCUT2D eigenvalue weighted by Crippen LogP contribution is -2.06. The van der Waals surface area contributed by atoms with Crippen molar-refractivity contribution < 1.29 is 4.39 Å². The van der Waals surface area contributed by atoms with Gasteiger partial charge in [-0.1, -0.05) is 27.7 Å². The average molecular weight is 236 g/mol. The van der Waals surface area contributed by atoms with Gasteiger partial charge in [-0.3, -0.25) is 0 Å². The molecule has 5 heteroatoms. The molecule has 0 saturated heterocycles. The monoisotopic (exact) mass is 236 g/mol. The Labute approximate surface area is 99.7 Å². The van der Waals surface area contributed by atoms with Crippen molar-refractivity contribution in [2.24, 2.45) is 0 Å². The van der Waals surface area contributed by atoms with Gasteiger partial charge in [0, 0.05) is 5.56 Å². The first-order valence-electron chi connectivity index (χ1n) is 5.76. The summed E-state index contributed by atoms with van der Waals surface area (Å²) < 4.78 is 15.9. The molecule has 0 aliphatic rings. The van der Waals surface area contributed by atoms with Gasteiger partial charge < -0.3 is 5.73 Å². The maximum atomic E-state index is 14.3. The van der Waals surface area contributed by atoms with Gasteiger partial charge in [-0.05, 0) is 11.8 Å². The van der Waals surface area contributed by atoms with Crippen LogP contribution < -0.4 is 5.73 Å². The second kappa shape index (κ2) is 3.98. The molecule has 0 unspecified atom stereocenters. The number of fused-ring (bicyclic) bond motifs is 1. The van der Waals surface area contributed by atoms with Gasteiger partial charge >= 0.3 is 0 Å². The van der Waals surface area contributed by atoms with Gasteiger partial charge in [-0.25, -0.2) is 13.9 Å². The van der Waals surface area contributed by atoms with Crippen LogP contribution in [0.25, 0.3) is 5.52 Å². The van der Waals surface area contributed by atoms with E-state index in [-0.39, 0.29) is 23.6 Å². The van der Waals surface area contributed by atoms with Gasteiger partial charge in [-0.2, -0.15) is 0 Å². The molecule has 2 N–H and O–H groups in total. The maximum absolute atomic E-state index is 14.3. The number of nitrogens with zero attached hydrogens (tertiary/aromatic N) is 3. The van der Waals surface area contributed by atoms with E-state index >= 15 is 0 Å². The molecule has 4 nitrogen and oxygen atoms in total. The van der Waals surface area contributed by atoms with Crippen molar-refractivity contribution >= 4 is 11.5 Å². The molecule has 0 bridgehead atoms. The molecule has 0 saturated carbocycles. The molecule has 0 aliphatic heterocycles. The van der Waals surface area contributed by atoms with E-state index in [0.29, 0.717) is 11.1 Å². The van der Waals surface area contributed by atoms with Crippen LogP contribution in [0.15, 0.2) is 6.20 Å². The average Bonchev–Trinajstić information content (AvgIpc) is 2.51. The van der Waals surface area contributed by atoms with Crippen LogP contribution in [-0.4, -0.2) is 14.6 Å². The third kappa shape index (κ3) is 1.75. The summed E-state index contributed by atoms with van der Waals surface area (Å²) in [5, 5.41) is 4.10. The topological polar surface area (TPSA) is 56.2 Å². The van der Waals surface area contributed by atoms with Crippen LogP contribution in [0.2, 0.25) is 0 Å². The predicted molar refractivity (Wildman–Crippen MR) is 65.5 cm³/mol. The third-order valence-electron chi connectivity index (χ3n) is 2.84. The van der Waals surface area contributed by atoms with Crippen molar-refractivity contribution in [3.05, 3.63) is 23.3 Å². The molecular weight excluding hydrogens is 219 g/mol. The second-order valence-electron chi connectivity index (χ2n) is 4.84. The summed E-state index contributed by atoms with van der Waals surface area (Å²) in [5.41, 5.74) is 7.54. The van der Waals surface area contributed by atoms with Crippen LogP contribution in [0.5, 0.6) is 0 Å². The highest BCUT2D eigenvalue weighted by molar-refractivity contribution is 5.55. The van der Waals surface area contributed by atoms with Crippen LogP contribution in [0.4, 0.5) is 10.3 Å². The molecule has 17 heavy (non-hydrogen) atoms. The molecule has 0 aromatic carbocycles. The summed E-state index contributed by atoms with van der Waals surface area (Å²) in [6, 6.07) is 0. The van der Waals surface area contributed by atoms with Gasteiger partial charge in [0.05, 0.1) is 11.9 Å². The highest BCUT2D eigenvalue weighted by atomic mass is 19.1. The first-order chi connectivity index (χ1) is 7.93. The van der Waals surface area contributed by atoms with Crippen LogP contribution >= 0.6 is 0 Å². The summed E-state index contributed by atoms with van der Waals surface area (Å²) in [7, 11) is 0. The number of nitrogens with two attached hydrogens (primary N) is 1. The molecule has 2 aromatic heterocycles. The lowest BCUT2D eigenvalue weighted by Gasteiger charge is -2.11. The summed E-state index contributed by atoms with van der Waals surface area (Å²) >= 11 is 0. The van der Waals surface area contributed by atoms with Crippen molar-refractivity contribution in [1.29, 1.82) is 0 Å². The minimum atomic E-state index is -0.233. The number of nitrogen functional groups attached to an aromatic ring is 1. The van der Waals surface area contributed by atoms with E-state index < -0.39 is 0 Å². The summed E-state index contributed by atoms with van der Waals surface area (Å²) in [6.07, 6.45) is 1.44. The third-order valence-corrected chi connectivity index (χ3v) is 2.84. The highest BCUT2D eigenvalue weighted by Crippen LogP contribution is 2.32. The van der Waals surface area contributed by atoms with Gasteiger partial charge in [0.1, 0.15) is 5.52 Å². The minimum absolute atomic E-state index is 0.107. The Morgan fingerprint density at radius 3 is 2.41 bits per heavy atom. The van der Waals surface area contributed by atoms with Crippen LogP contribution in [0, 0.1) is 5.82 Å². The first-order valence-corrected chi connectivity index (χ1v) is 5.76. The second-order valence-corrected chi connectivity index (χ2v) is 4.84. The number of hydrogen-bond acceptors (Lipinski definition) is 3. The van der Waals surface area contributed by atoms with Crippen molar-refractivity contribution in [2.75, 3.05) is 5.73 Å². The zero-order valence-corrected chi connectivity index (χ0v) is 10.5. The SMILES string of the molecule is CC(C)c1c(F)c2cnc(N)nn2c1C(C)C. The fourth-order valence-electron chi connectivity index (χ4n) is 2.17. The van der Waals surface area contributed by atoms with E-state index in [2.05, 4.69) is 10.1 Å². The standard InChI is InChI=1S/C12H17FN4/c1-6(2)9-10(13)8-5-15-12(14)16-17(8)11(9)7(3)4/h5-7H,1-4H3,(H2,14,16). The van der Waals surface area contributed by atoms with Crippen molar-refractivity contribution in [1.82, 2.24) is 14.6 Å². The molecule has 0 aliphatic carbocycles. The number of anilines is 1. The zero-order chi connectivity index (χ0) is 12.7. The van der Waals surface area contributed by atoms with E-state index in [9.17, 15) is 4.39 Å². The zero-order valence-electron chi connectivity index (χ0n) is 10.5. The molecule has 0 fully saturated rings. The Morgan fingerprint density at radius 2 is 1.88 bits per heavy atom. The van der Waals surface area contributed by atoms with E-state index in [1.54, 1.807) is 4.52 Å². The molecule has 0 spiro atoms. The Hall–Kier alpha value is -1.65. The highest BCUT2D eigenvalue weighted by Gasteiger charge is 2.23. The summed E-state index contributed by atoms with van der Waals surface area (Å²) in [6.45, 7) is 7.98. The molecular formula is C12H17FN4. The van der Waals surface area contributed by atoms with Crippen molar-refractivity contribution in [3.63, 3.8) is 0 Å². The van der Waals surface area contributed by atoms with Crippen molar-refractivity contribution in [3.8, 4) is 0 Å². The normalized spacial score (nSPS) is 11.9. The number of hydrogen-bond donors (Lipinski definition) is 1. The van der Waals surface area contributed by atoms with Crippen LogP contribution in [0.1, 0.15) is 50.8 Å². The number of rotatable bonds is 2. The Bertz CT molecular complexity index is 557. The minimum Gasteiger partial charge on any atom is -0.367 e. The predicted octanol–water partition coefficient (Wildman–Crippen LogP) is 2.70. The molecule has 0 radical (unpaired) electrons. The van der Waals surface area contributed by atoms with E-state index in [1.807, 2.05) is 27.7 Å². The van der Waals surface area contributed by atoms with Crippen LogP contribution in [-0.2, 0) is 0 Å². The Balaban J connectivity index is 2.88. The summed E-state index contributed by atoms with van der Waals surface area (Å²) in [5.74, 6) is 0.211. The van der Waals surface area contributed by atoms with Gasteiger partial charge in [0.15, 0.2) is 5.82 Å². The molecule has 2 rings (SSSR count). The van der Waals surface area contributed by atoms with Gasteiger partial charge in [0.2, 0.25) is 5.95 Å². The Morgan fingerprint density at radius 1 is 1.24 bits per heavy atom. The molecule has 2 heterocycles. The Kier molecular flexibility index (Phi) is 2.77. The first kappa shape index (κ1) is 11.8.